The van der Waals surface area contributed by atoms with Crippen molar-refractivity contribution in [3.05, 3.63) is 42.1 Å². The van der Waals surface area contributed by atoms with Crippen molar-refractivity contribution in [2.75, 3.05) is 12.5 Å². The number of pyridine rings is 1. The van der Waals surface area contributed by atoms with Crippen molar-refractivity contribution in [3.63, 3.8) is 0 Å². The van der Waals surface area contributed by atoms with E-state index in [1.807, 2.05) is 37.3 Å². The van der Waals surface area contributed by atoms with E-state index in [2.05, 4.69) is 10.4 Å². The molecule has 0 saturated heterocycles. The highest BCUT2D eigenvalue weighted by Crippen LogP contribution is 2.30. The van der Waals surface area contributed by atoms with Gasteiger partial charge in [-0.05, 0) is 31.2 Å². The normalized spacial score (nSPS) is 10.1. The van der Waals surface area contributed by atoms with Crippen LogP contribution in [-0.4, -0.2) is 12.1 Å². The van der Waals surface area contributed by atoms with Crippen molar-refractivity contribution in [2.24, 2.45) is 5.84 Å². The fourth-order valence-electron chi connectivity index (χ4n) is 1.69. The summed E-state index contributed by atoms with van der Waals surface area (Å²) in [7, 11) is 1.65. The Balaban J connectivity index is 2.54. The largest absolute Gasteiger partial charge is 0.496 e. The summed E-state index contributed by atoms with van der Waals surface area (Å²) >= 11 is 0. The minimum Gasteiger partial charge on any atom is -0.496 e. The average molecular weight is 229 g/mol. The molecule has 0 bridgehead atoms. The SMILES string of the molecule is COc1ccc(C)cc1-c1cc(NN)ccn1. The van der Waals surface area contributed by atoms with Crippen LogP contribution in [0.5, 0.6) is 5.75 Å². The van der Waals surface area contributed by atoms with Crippen molar-refractivity contribution in [1.82, 2.24) is 4.98 Å². The lowest BCUT2D eigenvalue weighted by molar-refractivity contribution is 0.416. The maximum absolute atomic E-state index is 5.39. The van der Waals surface area contributed by atoms with Gasteiger partial charge in [0.15, 0.2) is 0 Å². The van der Waals surface area contributed by atoms with Gasteiger partial charge in [0.05, 0.1) is 18.5 Å². The molecule has 0 fully saturated rings. The monoisotopic (exact) mass is 229 g/mol. The second-order valence-electron chi connectivity index (χ2n) is 3.78. The first-order chi connectivity index (χ1) is 8.24. The number of rotatable bonds is 3. The van der Waals surface area contributed by atoms with Crippen LogP contribution >= 0.6 is 0 Å². The van der Waals surface area contributed by atoms with E-state index in [1.165, 1.54) is 0 Å². The highest BCUT2D eigenvalue weighted by molar-refractivity contribution is 5.70. The lowest BCUT2D eigenvalue weighted by Crippen LogP contribution is -2.06. The minimum atomic E-state index is 0.803. The van der Waals surface area contributed by atoms with Crippen LogP contribution in [0.2, 0.25) is 0 Å². The van der Waals surface area contributed by atoms with E-state index in [1.54, 1.807) is 13.3 Å². The lowest BCUT2D eigenvalue weighted by atomic mass is 10.1. The highest BCUT2D eigenvalue weighted by Gasteiger charge is 2.07. The zero-order chi connectivity index (χ0) is 12.3. The molecular formula is C13H15N3O. The van der Waals surface area contributed by atoms with E-state index in [4.69, 9.17) is 10.6 Å². The van der Waals surface area contributed by atoms with E-state index in [-0.39, 0.29) is 0 Å². The molecule has 17 heavy (non-hydrogen) atoms. The summed E-state index contributed by atoms with van der Waals surface area (Å²) in [5.74, 6) is 6.19. The van der Waals surface area contributed by atoms with Gasteiger partial charge in [-0.2, -0.15) is 0 Å². The van der Waals surface area contributed by atoms with Crippen LogP contribution in [0.3, 0.4) is 0 Å². The lowest BCUT2D eigenvalue weighted by Gasteiger charge is -2.10. The molecule has 4 heteroatoms. The number of benzene rings is 1. The van der Waals surface area contributed by atoms with Gasteiger partial charge in [0.1, 0.15) is 5.75 Å². The Morgan fingerprint density at radius 3 is 2.76 bits per heavy atom. The Kier molecular flexibility index (Phi) is 3.25. The average Bonchev–Trinajstić information content (AvgIpc) is 2.39. The van der Waals surface area contributed by atoms with Gasteiger partial charge in [-0.25, -0.2) is 0 Å². The standard InChI is InChI=1S/C13H15N3O/c1-9-3-4-13(17-2)11(7-9)12-8-10(16-14)5-6-15-12/h3-8H,14H2,1-2H3,(H,15,16). The summed E-state index contributed by atoms with van der Waals surface area (Å²) in [6.07, 6.45) is 1.71. The molecule has 0 amide bonds. The summed E-state index contributed by atoms with van der Waals surface area (Å²) in [4.78, 5) is 4.33. The number of nitrogens with one attached hydrogen (secondary N) is 1. The summed E-state index contributed by atoms with van der Waals surface area (Å²) in [5.41, 5.74) is 6.38. The molecule has 2 aromatic rings. The third-order valence-electron chi connectivity index (χ3n) is 2.56. The van der Waals surface area contributed by atoms with E-state index in [0.717, 1.165) is 28.3 Å². The van der Waals surface area contributed by atoms with E-state index in [9.17, 15) is 0 Å². The van der Waals surface area contributed by atoms with Gasteiger partial charge >= 0.3 is 0 Å². The number of hydrazine groups is 1. The Bertz CT molecular complexity index is 526. The highest BCUT2D eigenvalue weighted by atomic mass is 16.5. The first-order valence-electron chi connectivity index (χ1n) is 5.32. The van der Waals surface area contributed by atoms with Crippen molar-refractivity contribution in [1.29, 1.82) is 0 Å². The molecule has 3 N–H and O–H groups in total. The molecule has 0 aliphatic rings. The summed E-state index contributed by atoms with van der Waals surface area (Å²) in [5, 5.41) is 0. The summed E-state index contributed by atoms with van der Waals surface area (Å²) in [6.45, 7) is 2.04. The molecule has 1 heterocycles. The zero-order valence-electron chi connectivity index (χ0n) is 9.90. The molecule has 88 valence electrons. The Labute approximate surface area is 100 Å². The van der Waals surface area contributed by atoms with Gasteiger partial charge in [-0.1, -0.05) is 11.6 Å². The quantitative estimate of drug-likeness (QED) is 0.626. The Hall–Kier alpha value is -2.07. The van der Waals surface area contributed by atoms with Crippen LogP contribution in [0.4, 0.5) is 5.69 Å². The number of nitrogens with two attached hydrogens (primary N) is 1. The fraction of sp³-hybridized carbons (Fsp3) is 0.154. The van der Waals surface area contributed by atoms with Crippen molar-refractivity contribution < 1.29 is 4.74 Å². The van der Waals surface area contributed by atoms with Gasteiger partial charge in [-0.3, -0.25) is 10.8 Å². The number of aryl methyl sites for hydroxylation is 1. The van der Waals surface area contributed by atoms with E-state index < -0.39 is 0 Å². The molecule has 1 aromatic carbocycles. The number of hydrogen-bond donors (Lipinski definition) is 2. The molecule has 0 radical (unpaired) electrons. The Morgan fingerprint density at radius 2 is 2.06 bits per heavy atom. The van der Waals surface area contributed by atoms with Crippen LogP contribution in [0.1, 0.15) is 5.56 Å². The van der Waals surface area contributed by atoms with E-state index in [0.29, 0.717) is 0 Å². The smallest absolute Gasteiger partial charge is 0.128 e. The number of ether oxygens (including phenoxy) is 1. The van der Waals surface area contributed by atoms with Crippen LogP contribution in [0.15, 0.2) is 36.5 Å². The number of anilines is 1. The molecule has 0 atom stereocenters. The number of hydrogen-bond acceptors (Lipinski definition) is 4. The van der Waals surface area contributed by atoms with Crippen molar-refractivity contribution in [2.45, 2.75) is 6.92 Å². The summed E-state index contributed by atoms with van der Waals surface area (Å²) < 4.78 is 5.34. The second kappa shape index (κ2) is 4.84. The fourth-order valence-corrected chi connectivity index (χ4v) is 1.69. The van der Waals surface area contributed by atoms with Crippen molar-refractivity contribution >= 4 is 5.69 Å². The van der Waals surface area contributed by atoms with Gasteiger partial charge in [-0.15, -0.1) is 0 Å². The van der Waals surface area contributed by atoms with Crippen LogP contribution < -0.4 is 16.0 Å². The van der Waals surface area contributed by atoms with Crippen LogP contribution in [-0.2, 0) is 0 Å². The minimum absolute atomic E-state index is 0.803. The zero-order valence-corrected chi connectivity index (χ0v) is 9.90. The maximum Gasteiger partial charge on any atom is 0.128 e. The molecule has 0 saturated carbocycles. The van der Waals surface area contributed by atoms with Gasteiger partial charge in [0, 0.05) is 11.8 Å². The number of nitrogens with zero attached hydrogens (tertiary/aromatic N) is 1. The van der Waals surface area contributed by atoms with Crippen LogP contribution in [0.25, 0.3) is 11.3 Å². The van der Waals surface area contributed by atoms with Gasteiger partial charge in [0.2, 0.25) is 0 Å². The predicted molar refractivity (Wildman–Crippen MR) is 68.8 cm³/mol. The molecular weight excluding hydrogens is 214 g/mol. The maximum atomic E-state index is 5.39. The second-order valence-corrected chi connectivity index (χ2v) is 3.78. The number of aromatic nitrogens is 1. The first-order valence-corrected chi connectivity index (χ1v) is 5.32. The third kappa shape index (κ3) is 2.37. The van der Waals surface area contributed by atoms with Crippen LogP contribution in [0, 0.1) is 6.92 Å². The first kappa shape index (κ1) is 11.4. The number of methoxy groups -OCH3 is 1. The molecule has 0 spiro atoms. The van der Waals surface area contributed by atoms with Gasteiger partial charge in [0.25, 0.3) is 0 Å². The summed E-state index contributed by atoms with van der Waals surface area (Å²) in [6, 6.07) is 9.69. The van der Waals surface area contributed by atoms with Crippen molar-refractivity contribution in [3.8, 4) is 17.0 Å². The Morgan fingerprint density at radius 1 is 1.24 bits per heavy atom. The van der Waals surface area contributed by atoms with E-state index >= 15 is 0 Å². The molecule has 4 nitrogen and oxygen atoms in total. The third-order valence-corrected chi connectivity index (χ3v) is 2.56. The number of nitrogen functional groups attached to an aromatic ring is 1. The topological polar surface area (TPSA) is 60.2 Å². The molecule has 0 aliphatic carbocycles. The molecule has 1 aromatic heterocycles. The molecule has 0 aliphatic heterocycles. The van der Waals surface area contributed by atoms with Gasteiger partial charge < -0.3 is 10.2 Å². The molecule has 0 unspecified atom stereocenters. The predicted octanol–water partition coefficient (Wildman–Crippen LogP) is 2.35. The molecule has 2 rings (SSSR count).